The van der Waals surface area contributed by atoms with Crippen molar-refractivity contribution in [3.8, 4) is 0 Å². The van der Waals surface area contributed by atoms with E-state index in [2.05, 4.69) is 27.0 Å². The van der Waals surface area contributed by atoms with Crippen molar-refractivity contribution >= 4 is 32.9 Å². The van der Waals surface area contributed by atoms with Gasteiger partial charge in [0.2, 0.25) is 5.95 Å². The van der Waals surface area contributed by atoms with Crippen LogP contribution in [0.25, 0.3) is 11.0 Å². The van der Waals surface area contributed by atoms with Gasteiger partial charge >= 0.3 is 0 Å². The average Bonchev–Trinajstić information content (AvgIpc) is 2.42. The Morgan fingerprint density at radius 3 is 3.00 bits per heavy atom. The summed E-state index contributed by atoms with van der Waals surface area (Å²) in [7, 11) is 1.92. The lowest BCUT2D eigenvalue weighted by Crippen LogP contribution is -1.95. The number of hydrogen-bond donors (Lipinski definition) is 1. The second kappa shape index (κ2) is 3.03. The second-order valence-corrected chi connectivity index (χ2v) is 3.55. The highest BCUT2D eigenvalue weighted by molar-refractivity contribution is 9.08. The summed E-state index contributed by atoms with van der Waals surface area (Å²) in [4.78, 5) is 4.24. The Morgan fingerprint density at radius 2 is 2.31 bits per heavy atom. The van der Waals surface area contributed by atoms with Crippen LogP contribution < -0.4 is 5.73 Å². The maximum atomic E-state index is 5.68. The van der Waals surface area contributed by atoms with Crippen LogP contribution >= 0.6 is 15.9 Å². The third kappa shape index (κ3) is 1.31. The van der Waals surface area contributed by atoms with Crippen LogP contribution in [0.3, 0.4) is 0 Å². The summed E-state index contributed by atoms with van der Waals surface area (Å²) in [5.74, 6) is 0.557. The van der Waals surface area contributed by atoms with Crippen LogP contribution in [-0.4, -0.2) is 9.55 Å². The maximum absolute atomic E-state index is 5.68. The normalized spacial score (nSPS) is 10.9. The molecule has 0 saturated heterocycles. The number of halogens is 1. The molecule has 0 amide bonds. The number of benzene rings is 1. The topological polar surface area (TPSA) is 43.8 Å². The van der Waals surface area contributed by atoms with E-state index in [-0.39, 0.29) is 0 Å². The highest BCUT2D eigenvalue weighted by Crippen LogP contribution is 2.18. The number of alkyl halides is 1. The minimum Gasteiger partial charge on any atom is -0.369 e. The first kappa shape index (κ1) is 8.56. The van der Waals surface area contributed by atoms with Gasteiger partial charge in [-0.3, -0.25) is 0 Å². The summed E-state index contributed by atoms with van der Waals surface area (Å²) in [6.07, 6.45) is 0. The molecule has 2 N–H and O–H groups in total. The molecular weight excluding hydrogens is 230 g/mol. The van der Waals surface area contributed by atoms with E-state index in [1.165, 1.54) is 5.56 Å². The molecule has 1 aromatic heterocycles. The molecule has 1 heterocycles. The first-order valence-corrected chi connectivity index (χ1v) is 5.11. The fourth-order valence-corrected chi connectivity index (χ4v) is 1.70. The first-order chi connectivity index (χ1) is 6.22. The molecule has 0 saturated carbocycles. The van der Waals surface area contributed by atoms with Gasteiger partial charge in [0.05, 0.1) is 11.0 Å². The third-order valence-corrected chi connectivity index (χ3v) is 2.78. The lowest BCUT2D eigenvalue weighted by atomic mass is 10.2. The molecule has 3 nitrogen and oxygen atoms in total. The molecule has 13 heavy (non-hydrogen) atoms. The smallest absolute Gasteiger partial charge is 0.200 e. The Morgan fingerprint density at radius 1 is 1.54 bits per heavy atom. The summed E-state index contributed by atoms with van der Waals surface area (Å²) in [5.41, 5.74) is 8.92. The van der Waals surface area contributed by atoms with Gasteiger partial charge in [-0.1, -0.05) is 22.0 Å². The van der Waals surface area contributed by atoms with Crippen molar-refractivity contribution in [3.63, 3.8) is 0 Å². The number of hydrogen-bond acceptors (Lipinski definition) is 2. The molecule has 0 atom stereocenters. The van der Waals surface area contributed by atoms with E-state index in [4.69, 9.17) is 5.73 Å². The molecule has 1 aromatic carbocycles. The molecule has 0 aliphatic carbocycles. The summed E-state index contributed by atoms with van der Waals surface area (Å²) in [6, 6.07) is 6.15. The molecule has 2 aromatic rings. The second-order valence-electron chi connectivity index (χ2n) is 2.99. The van der Waals surface area contributed by atoms with Crippen molar-refractivity contribution in [3.05, 3.63) is 23.8 Å². The van der Waals surface area contributed by atoms with E-state index in [0.717, 1.165) is 16.4 Å². The van der Waals surface area contributed by atoms with Crippen LogP contribution in [0.15, 0.2) is 18.2 Å². The Kier molecular flexibility index (Phi) is 2.00. The molecule has 0 radical (unpaired) electrons. The summed E-state index contributed by atoms with van der Waals surface area (Å²) < 4.78 is 1.88. The van der Waals surface area contributed by atoms with Gasteiger partial charge < -0.3 is 10.3 Å². The largest absolute Gasteiger partial charge is 0.369 e. The highest BCUT2D eigenvalue weighted by atomic mass is 79.9. The number of nitrogens with two attached hydrogens (primary N) is 1. The minimum absolute atomic E-state index is 0.557. The minimum atomic E-state index is 0.557. The third-order valence-electron chi connectivity index (χ3n) is 2.13. The van der Waals surface area contributed by atoms with Crippen LogP contribution in [0.5, 0.6) is 0 Å². The monoisotopic (exact) mass is 239 g/mol. The molecule has 0 aliphatic heterocycles. The zero-order chi connectivity index (χ0) is 9.42. The van der Waals surface area contributed by atoms with E-state index >= 15 is 0 Å². The Labute approximate surface area is 84.7 Å². The van der Waals surface area contributed by atoms with Crippen molar-refractivity contribution in [2.24, 2.45) is 7.05 Å². The molecule has 0 unspecified atom stereocenters. The van der Waals surface area contributed by atoms with Crippen molar-refractivity contribution < 1.29 is 0 Å². The van der Waals surface area contributed by atoms with Gasteiger partial charge in [0, 0.05) is 12.4 Å². The lowest BCUT2D eigenvalue weighted by molar-refractivity contribution is 0.965. The fraction of sp³-hybridized carbons (Fsp3) is 0.222. The Hall–Kier alpha value is -1.03. The quantitative estimate of drug-likeness (QED) is 0.775. The molecule has 68 valence electrons. The molecule has 2 rings (SSSR count). The first-order valence-electron chi connectivity index (χ1n) is 3.99. The van der Waals surface area contributed by atoms with E-state index in [1.54, 1.807) is 0 Å². The number of nitrogens with zero attached hydrogens (tertiary/aromatic N) is 2. The number of fused-ring (bicyclic) bond motifs is 1. The maximum Gasteiger partial charge on any atom is 0.200 e. The van der Waals surface area contributed by atoms with Gasteiger partial charge in [0.15, 0.2) is 0 Å². The zero-order valence-corrected chi connectivity index (χ0v) is 8.87. The highest BCUT2D eigenvalue weighted by Gasteiger charge is 2.04. The number of aromatic nitrogens is 2. The Balaban J connectivity index is 2.73. The molecule has 0 spiro atoms. The van der Waals surface area contributed by atoms with Crippen molar-refractivity contribution in [2.45, 2.75) is 5.33 Å². The van der Waals surface area contributed by atoms with E-state index in [1.807, 2.05) is 23.7 Å². The molecule has 0 bridgehead atoms. The van der Waals surface area contributed by atoms with Gasteiger partial charge in [-0.2, -0.15) is 0 Å². The number of anilines is 1. The summed E-state index contributed by atoms with van der Waals surface area (Å²) in [5, 5.41) is 0.847. The number of rotatable bonds is 1. The Bertz CT molecular complexity index is 447. The molecular formula is C9H10BrN3. The summed E-state index contributed by atoms with van der Waals surface area (Å²) >= 11 is 3.40. The van der Waals surface area contributed by atoms with Crippen LogP contribution in [0.4, 0.5) is 5.95 Å². The van der Waals surface area contributed by atoms with Crippen molar-refractivity contribution in [2.75, 3.05) is 5.73 Å². The lowest BCUT2D eigenvalue weighted by Gasteiger charge is -1.97. The van der Waals surface area contributed by atoms with Gasteiger partial charge in [-0.25, -0.2) is 4.98 Å². The zero-order valence-electron chi connectivity index (χ0n) is 7.29. The average molecular weight is 240 g/mol. The predicted octanol–water partition coefficient (Wildman–Crippen LogP) is 2.05. The van der Waals surface area contributed by atoms with Gasteiger partial charge in [-0.05, 0) is 17.7 Å². The van der Waals surface area contributed by atoms with Crippen molar-refractivity contribution in [1.82, 2.24) is 9.55 Å². The van der Waals surface area contributed by atoms with Crippen LogP contribution in [0.1, 0.15) is 5.56 Å². The van der Waals surface area contributed by atoms with Crippen LogP contribution in [0.2, 0.25) is 0 Å². The van der Waals surface area contributed by atoms with E-state index < -0.39 is 0 Å². The molecule has 0 fully saturated rings. The fourth-order valence-electron chi connectivity index (χ4n) is 1.35. The SMILES string of the molecule is Cn1c(N)nc2cc(CBr)ccc21. The number of aryl methyl sites for hydroxylation is 1. The number of imidazole rings is 1. The number of nitrogen functional groups attached to an aromatic ring is 1. The van der Waals surface area contributed by atoms with Crippen LogP contribution in [-0.2, 0) is 12.4 Å². The van der Waals surface area contributed by atoms with E-state index in [9.17, 15) is 0 Å². The predicted molar refractivity (Wildman–Crippen MR) is 57.8 cm³/mol. The van der Waals surface area contributed by atoms with Gasteiger partial charge in [-0.15, -0.1) is 0 Å². The summed E-state index contributed by atoms with van der Waals surface area (Å²) in [6.45, 7) is 0. The van der Waals surface area contributed by atoms with Crippen LogP contribution in [0, 0.1) is 0 Å². The standard InChI is InChI=1S/C9H10BrN3/c1-13-8-3-2-6(5-10)4-7(8)12-9(13)11/h2-4H,5H2,1H3,(H2,11,12). The van der Waals surface area contributed by atoms with Gasteiger partial charge in [0.25, 0.3) is 0 Å². The van der Waals surface area contributed by atoms with Crippen molar-refractivity contribution in [1.29, 1.82) is 0 Å². The molecule has 0 aliphatic rings. The van der Waals surface area contributed by atoms with E-state index in [0.29, 0.717) is 5.95 Å². The van der Waals surface area contributed by atoms with Gasteiger partial charge in [0.1, 0.15) is 0 Å². The molecule has 4 heteroatoms.